The maximum absolute atomic E-state index is 12.6. The lowest BCUT2D eigenvalue weighted by molar-refractivity contribution is -0.120. The number of carbonyl (C=O) groups is 1. The minimum absolute atomic E-state index is 0.139. The highest BCUT2D eigenvalue weighted by Gasteiger charge is 2.46. The van der Waals surface area contributed by atoms with Gasteiger partial charge in [-0.3, -0.25) is 9.69 Å². The summed E-state index contributed by atoms with van der Waals surface area (Å²) in [6, 6.07) is 2.03. The largest absolute Gasteiger partial charge is 0.361 e. The van der Waals surface area contributed by atoms with Crippen molar-refractivity contribution < 1.29 is 9.32 Å². The van der Waals surface area contributed by atoms with Crippen molar-refractivity contribution in [3.05, 3.63) is 33.8 Å². The average molecular weight is 317 g/mol. The number of amides is 1. The van der Waals surface area contributed by atoms with Crippen LogP contribution in [0, 0.1) is 25.7 Å². The van der Waals surface area contributed by atoms with Gasteiger partial charge in [-0.15, -0.1) is 0 Å². The third kappa shape index (κ3) is 2.18. The predicted molar refractivity (Wildman–Crippen MR) is 84.9 cm³/mol. The molecule has 22 heavy (non-hydrogen) atoms. The summed E-state index contributed by atoms with van der Waals surface area (Å²) in [5.74, 6) is 1.75. The number of likely N-dealkylation sites (tertiary alicyclic amines) is 1. The number of anilines is 1. The number of aryl methyl sites for hydroxylation is 2. The number of rotatable bonds is 3. The van der Waals surface area contributed by atoms with Crippen LogP contribution in [0.5, 0.6) is 0 Å². The third-order valence-corrected chi connectivity index (χ3v) is 5.57. The van der Waals surface area contributed by atoms with Crippen LogP contribution >= 0.6 is 11.3 Å². The Balaban J connectivity index is 1.46. The minimum atomic E-state index is 0.139. The number of thiophene rings is 1. The van der Waals surface area contributed by atoms with Gasteiger partial charge in [0.15, 0.2) is 0 Å². The molecule has 0 aromatic carbocycles. The summed E-state index contributed by atoms with van der Waals surface area (Å²) in [6.07, 6.45) is 0. The van der Waals surface area contributed by atoms with Crippen LogP contribution in [0.1, 0.15) is 17.0 Å². The molecule has 6 heteroatoms. The van der Waals surface area contributed by atoms with Gasteiger partial charge >= 0.3 is 0 Å². The van der Waals surface area contributed by atoms with Gasteiger partial charge in [0.2, 0.25) is 5.91 Å². The van der Waals surface area contributed by atoms with Crippen LogP contribution in [-0.4, -0.2) is 35.6 Å². The molecule has 4 heterocycles. The Labute approximate surface area is 133 Å². The Morgan fingerprint density at radius 1 is 1.36 bits per heavy atom. The summed E-state index contributed by atoms with van der Waals surface area (Å²) in [7, 11) is 0. The lowest BCUT2D eigenvalue weighted by Gasteiger charge is -2.20. The first-order valence-corrected chi connectivity index (χ1v) is 8.55. The van der Waals surface area contributed by atoms with Gasteiger partial charge in [-0.05, 0) is 25.3 Å². The van der Waals surface area contributed by atoms with E-state index in [2.05, 4.69) is 15.4 Å². The predicted octanol–water partition coefficient (Wildman–Crippen LogP) is 2.45. The first-order valence-electron chi connectivity index (χ1n) is 7.61. The molecule has 0 N–H and O–H groups in total. The van der Waals surface area contributed by atoms with Crippen molar-refractivity contribution in [1.82, 2.24) is 10.1 Å². The Morgan fingerprint density at radius 3 is 2.86 bits per heavy atom. The van der Waals surface area contributed by atoms with E-state index in [-0.39, 0.29) is 11.8 Å². The molecule has 2 aromatic heterocycles. The second-order valence-electron chi connectivity index (χ2n) is 6.29. The number of aromatic nitrogens is 1. The molecule has 4 rings (SSSR count). The molecule has 0 bridgehead atoms. The van der Waals surface area contributed by atoms with Crippen molar-refractivity contribution in [1.29, 1.82) is 0 Å². The van der Waals surface area contributed by atoms with E-state index in [1.165, 1.54) is 5.56 Å². The fourth-order valence-electron chi connectivity index (χ4n) is 3.67. The second kappa shape index (κ2) is 5.21. The van der Waals surface area contributed by atoms with Gasteiger partial charge in [-0.25, -0.2) is 0 Å². The van der Waals surface area contributed by atoms with Gasteiger partial charge in [-0.1, -0.05) is 5.16 Å². The van der Waals surface area contributed by atoms with Crippen LogP contribution in [0.3, 0.4) is 0 Å². The molecule has 2 aliphatic heterocycles. The van der Waals surface area contributed by atoms with E-state index in [1.54, 1.807) is 11.3 Å². The van der Waals surface area contributed by atoms with Gasteiger partial charge in [0.05, 0.1) is 17.3 Å². The Morgan fingerprint density at radius 2 is 2.23 bits per heavy atom. The van der Waals surface area contributed by atoms with Crippen LogP contribution in [0.4, 0.5) is 5.69 Å². The second-order valence-corrected chi connectivity index (χ2v) is 7.07. The molecular formula is C16H19N3O2S. The summed E-state index contributed by atoms with van der Waals surface area (Å²) >= 11 is 1.64. The Bertz CT molecular complexity index is 675. The van der Waals surface area contributed by atoms with E-state index < -0.39 is 0 Å². The van der Waals surface area contributed by atoms with Gasteiger partial charge in [0.1, 0.15) is 5.76 Å². The number of hydrogen-bond donors (Lipinski definition) is 0. The lowest BCUT2D eigenvalue weighted by Crippen LogP contribution is -2.32. The number of fused-ring (bicyclic) bond motifs is 1. The number of nitrogens with zero attached hydrogens (tertiary/aromatic N) is 3. The van der Waals surface area contributed by atoms with Gasteiger partial charge in [-0.2, -0.15) is 11.3 Å². The normalized spacial score (nSPS) is 25.2. The number of hydrogen-bond acceptors (Lipinski definition) is 5. The summed E-state index contributed by atoms with van der Waals surface area (Å²) in [4.78, 5) is 17.0. The molecule has 116 valence electrons. The van der Waals surface area contributed by atoms with Crippen LogP contribution in [0.15, 0.2) is 21.3 Å². The molecule has 2 aliphatic rings. The van der Waals surface area contributed by atoms with Crippen molar-refractivity contribution in [2.24, 2.45) is 11.8 Å². The average Bonchev–Trinajstić information content (AvgIpc) is 3.23. The Hall–Kier alpha value is -1.66. The first-order chi connectivity index (χ1) is 10.6. The quantitative estimate of drug-likeness (QED) is 0.872. The maximum atomic E-state index is 12.6. The van der Waals surface area contributed by atoms with Crippen molar-refractivity contribution in [3.63, 3.8) is 0 Å². The van der Waals surface area contributed by atoms with Gasteiger partial charge in [0.25, 0.3) is 0 Å². The molecule has 0 unspecified atom stereocenters. The molecule has 0 saturated carbocycles. The summed E-state index contributed by atoms with van der Waals surface area (Å²) in [6.45, 7) is 7.43. The fourth-order valence-corrected chi connectivity index (χ4v) is 4.32. The fraction of sp³-hybridized carbons (Fsp3) is 0.500. The van der Waals surface area contributed by atoms with Gasteiger partial charge < -0.3 is 9.42 Å². The highest BCUT2D eigenvalue weighted by Crippen LogP contribution is 2.36. The lowest BCUT2D eigenvalue weighted by atomic mass is 10.0. The molecule has 2 aromatic rings. The van der Waals surface area contributed by atoms with Crippen LogP contribution in [0.2, 0.25) is 0 Å². The smallest absolute Gasteiger partial charge is 0.231 e. The topological polar surface area (TPSA) is 49.6 Å². The van der Waals surface area contributed by atoms with E-state index in [9.17, 15) is 4.79 Å². The molecule has 2 atom stereocenters. The molecule has 0 spiro atoms. The van der Waals surface area contributed by atoms with Crippen LogP contribution < -0.4 is 4.90 Å². The van der Waals surface area contributed by atoms with Crippen molar-refractivity contribution in [2.45, 2.75) is 20.4 Å². The molecule has 2 saturated heterocycles. The SMILES string of the molecule is Cc1noc(C)c1CN1C[C@@H]2CN(c3ccsc3)C(=O)[C@@H]2C1. The van der Waals surface area contributed by atoms with Crippen molar-refractivity contribution in [2.75, 3.05) is 24.5 Å². The standard InChI is InChI=1S/C16H19N3O2S/c1-10-14(11(2)21-17-10)7-18-5-12-6-19(13-3-4-22-9-13)16(20)15(12)8-18/h3-4,9,12,15H,5-8H2,1-2H3/t12-,15-/m1/s1. The Kier molecular flexibility index (Phi) is 3.31. The van der Waals surface area contributed by atoms with E-state index >= 15 is 0 Å². The zero-order valence-electron chi connectivity index (χ0n) is 12.8. The molecule has 0 aliphatic carbocycles. The highest BCUT2D eigenvalue weighted by molar-refractivity contribution is 7.08. The summed E-state index contributed by atoms with van der Waals surface area (Å²) < 4.78 is 5.24. The molecule has 5 nitrogen and oxygen atoms in total. The molecule has 1 amide bonds. The molecule has 0 radical (unpaired) electrons. The van der Waals surface area contributed by atoms with E-state index in [0.717, 1.165) is 43.3 Å². The van der Waals surface area contributed by atoms with E-state index in [1.807, 2.05) is 30.2 Å². The van der Waals surface area contributed by atoms with Crippen molar-refractivity contribution >= 4 is 22.9 Å². The zero-order chi connectivity index (χ0) is 15.3. The molecule has 2 fully saturated rings. The highest BCUT2D eigenvalue weighted by atomic mass is 32.1. The van der Waals surface area contributed by atoms with Crippen LogP contribution in [-0.2, 0) is 11.3 Å². The summed E-state index contributed by atoms with van der Waals surface area (Å²) in [5.41, 5.74) is 3.18. The van der Waals surface area contributed by atoms with Gasteiger partial charge in [0, 0.05) is 43.0 Å². The maximum Gasteiger partial charge on any atom is 0.231 e. The first kappa shape index (κ1) is 14.0. The van der Waals surface area contributed by atoms with Crippen LogP contribution in [0.25, 0.3) is 0 Å². The van der Waals surface area contributed by atoms with E-state index in [0.29, 0.717) is 5.92 Å². The van der Waals surface area contributed by atoms with Crippen molar-refractivity contribution in [3.8, 4) is 0 Å². The summed E-state index contributed by atoms with van der Waals surface area (Å²) in [5, 5.41) is 8.10. The molecular weight excluding hydrogens is 298 g/mol. The number of carbonyl (C=O) groups excluding carboxylic acids is 1. The third-order valence-electron chi connectivity index (χ3n) is 4.90. The minimum Gasteiger partial charge on any atom is -0.361 e. The monoisotopic (exact) mass is 317 g/mol. The zero-order valence-corrected chi connectivity index (χ0v) is 13.6. The van der Waals surface area contributed by atoms with E-state index in [4.69, 9.17) is 4.52 Å².